The lowest BCUT2D eigenvalue weighted by atomic mass is 10.1. The first-order chi connectivity index (χ1) is 13.4. The molecule has 1 N–H and O–H groups in total. The maximum absolute atomic E-state index is 13.4. The molecule has 0 atom stereocenters. The number of nitrogens with one attached hydrogen (secondary N) is 1. The minimum absolute atomic E-state index is 0.0305. The Morgan fingerprint density at radius 3 is 2.68 bits per heavy atom. The first-order valence-electron chi connectivity index (χ1n) is 8.41. The van der Waals surface area contributed by atoms with Crippen molar-refractivity contribution >= 4 is 23.1 Å². The quantitative estimate of drug-likeness (QED) is 0.682. The first kappa shape index (κ1) is 19.5. The number of rotatable bonds is 5. The van der Waals surface area contributed by atoms with Gasteiger partial charge in [0.25, 0.3) is 0 Å². The van der Waals surface area contributed by atoms with Crippen LogP contribution in [0, 0.1) is 24.1 Å². The molecule has 0 fully saturated rings. The summed E-state index contributed by atoms with van der Waals surface area (Å²) in [5.74, 6) is 0.226. The van der Waals surface area contributed by atoms with E-state index in [-0.39, 0.29) is 16.2 Å². The van der Waals surface area contributed by atoms with E-state index in [9.17, 15) is 9.18 Å². The lowest BCUT2D eigenvalue weighted by molar-refractivity contribution is 0.406. The average molecular weight is 398 g/mol. The van der Waals surface area contributed by atoms with Crippen LogP contribution in [0.15, 0.2) is 53.5 Å². The van der Waals surface area contributed by atoms with E-state index in [0.29, 0.717) is 17.9 Å². The zero-order valence-electron chi connectivity index (χ0n) is 15.3. The summed E-state index contributed by atoms with van der Waals surface area (Å²) in [5.41, 5.74) is 2.66. The van der Waals surface area contributed by atoms with Crippen LogP contribution >= 0.6 is 11.6 Å². The van der Waals surface area contributed by atoms with Crippen LogP contribution < -0.4 is 15.5 Å². The molecule has 0 aliphatic heterocycles. The van der Waals surface area contributed by atoms with Crippen LogP contribution in [0.2, 0.25) is 5.02 Å². The van der Waals surface area contributed by atoms with Gasteiger partial charge in [-0.2, -0.15) is 5.26 Å². The monoisotopic (exact) mass is 397 g/mol. The van der Waals surface area contributed by atoms with E-state index in [4.69, 9.17) is 21.6 Å². The van der Waals surface area contributed by atoms with Crippen molar-refractivity contribution in [2.45, 2.75) is 13.5 Å². The van der Waals surface area contributed by atoms with Gasteiger partial charge in [0, 0.05) is 18.3 Å². The molecule has 0 saturated heterocycles. The second-order valence-electron chi connectivity index (χ2n) is 6.23. The first-order valence-corrected chi connectivity index (χ1v) is 8.79. The van der Waals surface area contributed by atoms with E-state index in [2.05, 4.69) is 11.4 Å². The van der Waals surface area contributed by atoms with Crippen molar-refractivity contribution in [2.24, 2.45) is 0 Å². The van der Waals surface area contributed by atoms with Crippen LogP contribution in [-0.2, 0) is 6.54 Å². The normalized spacial score (nSPS) is 10.4. The van der Waals surface area contributed by atoms with Gasteiger partial charge in [0.1, 0.15) is 11.6 Å². The summed E-state index contributed by atoms with van der Waals surface area (Å²) >= 11 is 5.88. The Morgan fingerprint density at radius 1 is 1.25 bits per heavy atom. The highest BCUT2D eigenvalue weighted by molar-refractivity contribution is 6.30. The zero-order valence-corrected chi connectivity index (χ0v) is 16.0. The van der Waals surface area contributed by atoms with E-state index >= 15 is 0 Å². The van der Waals surface area contributed by atoms with Crippen molar-refractivity contribution in [3.8, 4) is 11.8 Å². The van der Waals surface area contributed by atoms with Crippen molar-refractivity contribution in [1.29, 1.82) is 5.26 Å². The van der Waals surface area contributed by atoms with Crippen LogP contribution in [0.3, 0.4) is 0 Å². The molecule has 0 radical (unpaired) electrons. The molecule has 3 rings (SSSR count). The third-order valence-corrected chi connectivity index (χ3v) is 4.56. The Morgan fingerprint density at radius 2 is 2.04 bits per heavy atom. The third kappa shape index (κ3) is 4.16. The van der Waals surface area contributed by atoms with Crippen LogP contribution in [0.1, 0.15) is 16.7 Å². The summed E-state index contributed by atoms with van der Waals surface area (Å²) in [6, 6.07) is 13.2. The number of aromatic nitrogens is 1. The lowest BCUT2D eigenvalue weighted by Crippen LogP contribution is -2.14. The number of ether oxygens (including phenoxy) is 1. The molecule has 28 heavy (non-hydrogen) atoms. The van der Waals surface area contributed by atoms with Crippen LogP contribution in [-0.4, -0.2) is 11.7 Å². The summed E-state index contributed by atoms with van der Waals surface area (Å²) in [7, 11) is 1.42. The smallest absolute Gasteiger partial charge is 0.225 e. The SMILES string of the molecule is COc1cn(Cc2ccc(F)c(Cl)c2)c(Nc2ccc(C#N)cc2C)cc1=O. The average Bonchev–Trinajstić information content (AvgIpc) is 2.68. The molecule has 1 aromatic heterocycles. The van der Waals surface area contributed by atoms with Crippen molar-refractivity contribution in [1.82, 2.24) is 4.57 Å². The summed E-state index contributed by atoms with van der Waals surface area (Å²) in [5, 5.41) is 12.3. The van der Waals surface area contributed by atoms with E-state index in [1.165, 1.54) is 25.3 Å². The highest BCUT2D eigenvalue weighted by Crippen LogP contribution is 2.24. The van der Waals surface area contributed by atoms with Gasteiger partial charge < -0.3 is 14.6 Å². The Labute approximate surface area is 166 Å². The Bertz CT molecular complexity index is 1140. The second-order valence-corrected chi connectivity index (χ2v) is 6.64. The molecule has 0 aliphatic rings. The molecule has 142 valence electrons. The van der Waals surface area contributed by atoms with Gasteiger partial charge in [-0.15, -0.1) is 0 Å². The molecule has 7 heteroatoms. The Hall–Kier alpha value is -3.30. The lowest BCUT2D eigenvalue weighted by Gasteiger charge is -2.18. The molecule has 0 spiro atoms. The third-order valence-electron chi connectivity index (χ3n) is 4.27. The molecule has 1 heterocycles. The van der Waals surface area contributed by atoms with E-state index in [0.717, 1.165) is 16.8 Å². The molecular formula is C21H17ClFN3O2. The van der Waals surface area contributed by atoms with Gasteiger partial charge in [-0.05, 0) is 48.4 Å². The highest BCUT2D eigenvalue weighted by atomic mass is 35.5. The largest absolute Gasteiger partial charge is 0.491 e. The van der Waals surface area contributed by atoms with Gasteiger partial charge >= 0.3 is 0 Å². The van der Waals surface area contributed by atoms with E-state index in [1.54, 1.807) is 35.0 Å². The molecule has 3 aromatic rings. The minimum atomic E-state index is -0.491. The number of nitriles is 1. The second kappa shape index (κ2) is 8.15. The van der Waals surface area contributed by atoms with Crippen molar-refractivity contribution < 1.29 is 9.13 Å². The molecular weight excluding hydrogens is 381 g/mol. The summed E-state index contributed by atoms with van der Waals surface area (Å²) in [6.45, 7) is 2.21. The van der Waals surface area contributed by atoms with Crippen molar-refractivity contribution in [2.75, 3.05) is 12.4 Å². The predicted molar refractivity (Wildman–Crippen MR) is 107 cm³/mol. The van der Waals surface area contributed by atoms with Crippen LogP contribution in [0.25, 0.3) is 0 Å². The molecule has 2 aromatic carbocycles. The number of nitrogens with zero attached hydrogens (tertiary/aromatic N) is 2. The predicted octanol–water partition coefficient (Wildman–Crippen LogP) is 4.62. The van der Waals surface area contributed by atoms with Gasteiger partial charge in [0.2, 0.25) is 5.43 Å². The van der Waals surface area contributed by atoms with Crippen LogP contribution in [0.4, 0.5) is 15.9 Å². The maximum Gasteiger partial charge on any atom is 0.225 e. The maximum atomic E-state index is 13.4. The van der Waals surface area contributed by atoms with Gasteiger partial charge in [0.05, 0.1) is 30.0 Å². The van der Waals surface area contributed by atoms with Gasteiger partial charge in [-0.25, -0.2) is 4.39 Å². The summed E-state index contributed by atoms with van der Waals surface area (Å²) < 4.78 is 20.4. The summed E-state index contributed by atoms with van der Waals surface area (Å²) in [6.07, 6.45) is 1.58. The number of halogens is 2. The molecule has 0 unspecified atom stereocenters. The standard InChI is InChI=1S/C21H17ClFN3O2/c1-13-7-14(10-24)4-6-18(13)25-21-9-19(27)20(28-2)12-26(21)11-15-3-5-17(23)16(22)8-15/h3-9,12,25H,11H2,1-2H3. The topological polar surface area (TPSA) is 67.0 Å². The van der Waals surface area contributed by atoms with E-state index in [1.807, 2.05) is 6.92 Å². The zero-order chi connectivity index (χ0) is 20.3. The fourth-order valence-corrected chi connectivity index (χ4v) is 2.99. The molecule has 0 saturated carbocycles. The fraction of sp³-hybridized carbons (Fsp3) is 0.143. The Balaban J connectivity index is 2.02. The number of benzene rings is 2. The van der Waals surface area contributed by atoms with Crippen LogP contribution in [0.5, 0.6) is 5.75 Å². The molecule has 0 aliphatic carbocycles. The molecule has 0 bridgehead atoms. The van der Waals surface area contributed by atoms with Gasteiger partial charge in [0.15, 0.2) is 5.75 Å². The number of methoxy groups -OCH3 is 1. The molecule has 5 nitrogen and oxygen atoms in total. The molecule has 0 amide bonds. The van der Waals surface area contributed by atoms with Crippen molar-refractivity contribution in [3.63, 3.8) is 0 Å². The number of anilines is 2. The fourth-order valence-electron chi connectivity index (χ4n) is 2.79. The van der Waals surface area contributed by atoms with Gasteiger partial charge in [-0.1, -0.05) is 17.7 Å². The number of hydrogen-bond acceptors (Lipinski definition) is 4. The van der Waals surface area contributed by atoms with Crippen molar-refractivity contribution in [3.05, 3.63) is 86.4 Å². The van der Waals surface area contributed by atoms with Gasteiger partial charge in [-0.3, -0.25) is 4.79 Å². The minimum Gasteiger partial charge on any atom is -0.491 e. The number of pyridine rings is 1. The summed E-state index contributed by atoms with van der Waals surface area (Å²) in [4.78, 5) is 12.3. The van der Waals surface area contributed by atoms with E-state index < -0.39 is 5.82 Å². The number of hydrogen-bond donors (Lipinski definition) is 1. The Kier molecular flexibility index (Phi) is 5.67. The number of aryl methyl sites for hydroxylation is 1. The highest BCUT2D eigenvalue weighted by Gasteiger charge is 2.11.